The first-order valence-corrected chi connectivity index (χ1v) is 9.55. The number of sulfonamides is 1. The van der Waals surface area contributed by atoms with Gasteiger partial charge in [0.05, 0.1) is 12.0 Å². The van der Waals surface area contributed by atoms with Gasteiger partial charge in [-0.3, -0.25) is 4.90 Å². The Morgan fingerprint density at radius 3 is 2.23 bits per heavy atom. The molecule has 5 nitrogen and oxygen atoms in total. The highest BCUT2D eigenvalue weighted by atomic mass is 32.2. The fraction of sp³-hybridized carbons (Fsp3) is 0.333. The topological polar surface area (TPSA) is 49.9 Å². The molecule has 1 heterocycles. The van der Waals surface area contributed by atoms with Crippen LogP contribution in [0, 0.1) is 11.6 Å². The zero-order chi connectivity index (χ0) is 18.9. The van der Waals surface area contributed by atoms with E-state index in [4.69, 9.17) is 4.74 Å². The lowest BCUT2D eigenvalue weighted by atomic mass is 10.0. The Bertz CT molecular complexity index is 868. The molecular weight excluding hydrogens is 362 g/mol. The minimum atomic E-state index is -3.98. The molecule has 1 aliphatic heterocycles. The molecule has 0 amide bonds. The average molecular weight is 382 g/mol. The lowest BCUT2D eigenvalue weighted by molar-refractivity contribution is 0.148. The number of methoxy groups -OCH3 is 1. The summed E-state index contributed by atoms with van der Waals surface area (Å²) in [6, 6.07) is 9.59. The number of piperazine rings is 1. The van der Waals surface area contributed by atoms with Crippen molar-refractivity contribution in [2.24, 2.45) is 0 Å². The highest BCUT2D eigenvalue weighted by Crippen LogP contribution is 2.29. The number of hydrogen-bond acceptors (Lipinski definition) is 4. The number of hydrogen-bond donors (Lipinski definition) is 0. The van der Waals surface area contributed by atoms with Gasteiger partial charge in [0, 0.05) is 31.7 Å². The van der Waals surface area contributed by atoms with Gasteiger partial charge in [-0.2, -0.15) is 4.31 Å². The number of ether oxygens (including phenoxy) is 1. The van der Waals surface area contributed by atoms with Crippen LogP contribution in [-0.2, 0) is 10.0 Å². The lowest BCUT2D eigenvalue weighted by Crippen LogP contribution is -2.48. The standard InChI is InChI=1S/C18H20F2N2O3S/c1-21-7-8-22(12-18(21)13-3-5-16(25-2)6-4-13)26(23,24)17-10-14(19)9-15(20)11-17/h3-6,9-11,18H,7-8,12H2,1-2H3. The maximum absolute atomic E-state index is 13.5. The minimum absolute atomic E-state index is 0.164. The van der Waals surface area contributed by atoms with Crippen molar-refractivity contribution in [2.75, 3.05) is 33.8 Å². The molecule has 0 N–H and O–H groups in total. The molecule has 0 saturated carbocycles. The van der Waals surface area contributed by atoms with Crippen LogP contribution in [0.25, 0.3) is 0 Å². The second kappa shape index (κ2) is 7.30. The first kappa shape index (κ1) is 18.8. The summed E-state index contributed by atoms with van der Waals surface area (Å²) in [5, 5.41) is 0. The molecule has 0 bridgehead atoms. The summed E-state index contributed by atoms with van der Waals surface area (Å²) in [6.07, 6.45) is 0. The van der Waals surface area contributed by atoms with E-state index in [2.05, 4.69) is 4.90 Å². The van der Waals surface area contributed by atoms with Crippen LogP contribution in [0.1, 0.15) is 11.6 Å². The maximum atomic E-state index is 13.5. The molecule has 2 aromatic carbocycles. The van der Waals surface area contributed by atoms with Crippen LogP contribution in [0.2, 0.25) is 0 Å². The fourth-order valence-electron chi connectivity index (χ4n) is 3.08. The van der Waals surface area contributed by atoms with Crippen molar-refractivity contribution in [3.05, 3.63) is 59.7 Å². The van der Waals surface area contributed by atoms with Gasteiger partial charge in [-0.15, -0.1) is 0 Å². The van der Waals surface area contributed by atoms with E-state index in [1.807, 2.05) is 31.3 Å². The normalized spacial score (nSPS) is 19.5. The summed E-state index contributed by atoms with van der Waals surface area (Å²) in [5.74, 6) is -1.11. The predicted octanol–water partition coefficient (Wildman–Crippen LogP) is 2.65. The Hall–Kier alpha value is -2.03. The van der Waals surface area contributed by atoms with Crippen LogP contribution < -0.4 is 4.74 Å². The van der Waals surface area contributed by atoms with Crippen LogP contribution in [-0.4, -0.2) is 51.4 Å². The summed E-state index contributed by atoms with van der Waals surface area (Å²) in [7, 11) is -0.487. The molecule has 0 spiro atoms. The first-order valence-electron chi connectivity index (χ1n) is 8.11. The number of likely N-dealkylation sites (N-methyl/N-ethyl adjacent to an activating group) is 1. The smallest absolute Gasteiger partial charge is 0.243 e. The summed E-state index contributed by atoms with van der Waals surface area (Å²) in [4.78, 5) is 1.69. The van der Waals surface area contributed by atoms with Gasteiger partial charge in [-0.05, 0) is 36.9 Å². The summed E-state index contributed by atoms with van der Waals surface area (Å²) in [5.41, 5.74) is 0.943. The molecule has 8 heteroatoms. The quantitative estimate of drug-likeness (QED) is 0.816. The molecule has 2 aromatic rings. The highest BCUT2D eigenvalue weighted by Gasteiger charge is 2.34. The number of nitrogens with zero attached hydrogens (tertiary/aromatic N) is 2. The SMILES string of the molecule is COc1ccc(C2CN(S(=O)(=O)c3cc(F)cc(F)c3)CCN2C)cc1. The molecule has 1 fully saturated rings. The second-order valence-corrected chi connectivity index (χ2v) is 8.18. The van der Waals surface area contributed by atoms with E-state index in [1.165, 1.54) is 4.31 Å². The van der Waals surface area contributed by atoms with Crippen molar-refractivity contribution >= 4 is 10.0 Å². The van der Waals surface area contributed by atoms with E-state index in [1.54, 1.807) is 7.11 Å². The zero-order valence-electron chi connectivity index (χ0n) is 14.5. The molecule has 140 valence electrons. The lowest BCUT2D eigenvalue weighted by Gasteiger charge is -2.39. The van der Waals surface area contributed by atoms with E-state index in [0.29, 0.717) is 18.4 Å². The first-order chi connectivity index (χ1) is 12.3. The molecule has 1 saturated heterocycles. The summed E-state index contributed by atoms with van der Waals surface area (Å²) in [6.45, 7) is 0.959. The van der Waals surface area contributed by atoms with Crippen LogP contribution >= 0.6 is 0 Å². The van der Waals surface area contributed by atoms with Crippen molar-refractivity contribution < 1.29 is 21.9 Å². The molecular formula is C18H20F2N2O3S. The van der Waals surface area contributed by atoms with Gasteiger partial charge >= 0.3 is 0 Å². The molecule has 0 aliphatic carbocycles. The van der Waals surface area contributed by atoms with E-state index in [9.17, 15) is 17.2 Å². The van der Waals surface area contributed by atoms with Crippen molar-refractivity contribution in [3.63, 3.8) is 0 Å². The van der Waals surface area contributed by atoms with E-state index in [-0.39, 0.29) is 24.0 Å². The van der Waals surface area contributed by atoms with Crippen molar-refractivity contribution in [2.45, 2.75) is 10.9 Å². The fourth-order valence-corrected chi connectivity index (χ4v) is 4.56. The highest BCUT2D eigenvalue weighted by molar-refractivity contribution is 7.89. The van der Waals surface area contributed by atoms with Crippen LogP contribution in [0.4, 0.5) is 8.78 Å². The van der Waals surface area contributed by atoms with Gasteiger partial charge in [0.2, 0.25) is 10.0 Å². The van der Waals surface area contributed by atoms with Crippen LogP contribution in [0.3, 0.4) is 0 Å². The van der Waals surface area contributed by atoms with Crippen molar-refractivity contribution in [3.8, 4) is 5.75 Å². The van der Waals surface area contributed by atoms with Crippen molar-refractivity contribution in [1.29, 1.82) is 0 Å². The number of rotatable bonds is 4. The monoisotopic (exact) mass is 382 g/mol. The molecule has 26 heavy (non-hydrogen) atoms. The largest absolute Gasteiger partial charge is 0.497 e. The van der Waals surface area contributed by atoms with Gasteiger partial charge in [0.1, 0.15) is 17.4 Å². The molecule has 0 radical (unpaired) electrons. The Kier molecular flexibility index (Phi) is 5.27. The molecule has 1 atom stereocenters. The van der Waals surface area contributed by atoms with Gasteiger partial charge in [0.25, 0.3) is 0 Å². The Labute approximate surface area is 151 Å². The Morgan fingerprint density at radius 2 is 1.65 bits per heavy atom. The average Bonchev–Trinajstić information content (AvgIpc) is 2.61. The predicted molar refractivity (Wildman–Crippen MR) is 93.5 cm³/mol. The van der Waals surface area contributed by atoms with Gasteiger partial charge in [-0.25, -0.2) is 17.2 Å². The van der Waals surface area contributed by atoms with Gasteiger partial charge in [0.15, 0.2) is 0 Å². The number of halogens is 2. The molecule has 1 unspecified atom stereocenters. The third kappa shape index (κ3) is 3.72. The summed E-state index contributed by atoms with van der Waals surface area (Å²) >= 11 is 0. The third-order valence-electron chi connectivity index (χ3n) is 4.59. The maximum Gasteiger partial charge on any atom is 0.243 e. The minimum Gasteiger partial charge on any atom is -0.497 e. The van der Waals surface area contributed by atoms with Gasteiger partial charge < -0.3 is 4.74 Å². The molecule has 1 aliphatic rings. The van der Waals surface area contributed by atoms with E-state index in [0.717, 1.165) is 17.7 Å². The molecule has 0 aromatic heterocycles. The second-order valence-electron chi connectivity index (χ2n) is 6.24. The third-order valence-corrected chi connectivity index (χ3v) is 6.43. The summed E-state index contributed by atoms with van der Waals surface area (Å²) < 4.78 is 59.0. The van der Waals surface area contributed by atoms with E-state index < -0.39 is 21.7 Å². The van der Waals surface area contributed by atoms with Crippen LogP contribution in [0.5, 0.6) is 5.75 Å². The zero-order valence-corrected chi connectivity index (χ0v) is 15.3. The Morgan fingerprint density at radius 1 is 1.04 bits per heavy atom. The number of benzene rings is 2. The van der Waals surface area contributed by atoms with Crippen LogP contribution in [0.15, 0.2) is 47.4 Å². The molecule has 3 rings (SSSR count). The van der Waals surface area contributed by atoms with Gasteiger partial charge in [-0.1, -0.05) is 12.1 Å². The van der Waals surface area contributed by atoms with E-state index >= 15 is 0 Å². The Balaban J connectivity index is 1.88. The van der Waals surface area contributed by atoms with Crippen molar-refractivity contribution in [1.82, 2.24) is 9.21 Å².